The van der Waals surface area contributed by atoms with Crippen LogP contribution in [0.3, 0.4) is 0 Å². The van der Waals surface area contributed by atoms with Crippen LogP contribution in [0, 0.1) is 18.3 Å². The second-order valence-electron chi connectivity index (χ2n) is 3.91. The molecule has 1 rings (SSSR count). The number of aryl methyl sites for hydroxylation is 1. The monoisotopic (exact) mass is 232 g/mol. The van der Waals surface area contributed by atoms with Crippen molar-refractivity contribution in [1.82, 2.24) is 9.88 Å². The lowest BCUT2D eigenvalue weighted by atomic mass is 10.2. The van der Waals surface area contributed by atoms with Gasteiger partial charge in [0.1, 0.15) is 11.9 Å². The van der Waals surface area contributed by atoms with Crippen LogP contribution in [-0.4, -0.2) is 36.1 Å². The van der Waals surface area contributed by atoms with Crippen LogP contribution in [0.1, 0.15) is 25.1 Å². The van der Waals surface area contributed by atoms with Crippen LogP contribution >= 0.6 is 0 Å². The molecule has 0 bridgehead atoms. The highest BCUT2D eigenvalue weighted by Crippen LogP contribution is 2.11. The first-order valence-corrected chi connectivity index (χ1v) is 6.05. The summed E-state index contributed by atoms with van der Waals surface area (Å²) < 4.78 is 0. The summed E-state index contributed by atoms with van der Waals surface area (Å²) in [5, 5.41) is 12.2. The molecular formula is C13H20N4. The molecule has 0 aliphatic carbocycles. The van der Waals surface area contributed by atoms with E-state index in [-0.39, 0.29) is 0 Å². The summed E-state index contributed by atoms with van der Waals surface area (Å²) >= 11 is 0. The van der Waals surface area contributed by atoms with E-state index in [0.717, 1.165) is 31.9 Å². The third-order valence-corrected chi connectivity index (χ3v) is 2.77. The molecule has 0 spiro atoms. The van der Waals surface area contributed by atoms with Crippen molar-refractivity contribution in [3.8, 4) is 6.07 Å². The molecule has 92 valence electrons. The van der Waals surface area contributed by atoms with Gasteiger partial charge in [-0.1, -0.05) is 13.8 Å². The second-order valence-corrected chi connectivity index (χ2v) is 3.91. The molecule has 0 aromatic carbocycles. The van der Waals surface area contributed by atoms with Crippen molar-refractivity contribution in [3.63, 3.8) is 0 Å². The van der Waals surface area contributed by atoms with Crippen molar-refractivity contribution in [2.45, 2.75) is 20.8 Å². The fraction of sp³-hybridized carbons (Fsp3) is 0.538. The zero-order valence-electron chi connectivity index (χ0n) is 10.8. The fourth-order valence-electron chi connectivity index (χ4n) is 1.65. The van der Waals surface area contributed by atoms with E-state index in [1.165, 1.54) is 0 Å². The summed E-state index contributed by atoms with van der Waals surface area (Å²) in [4.78, 5) is 6.67. The molecule has 4 nitrogen and oxygen atoms in total. The Hall–Kier alpha value is -1.60. The average molecular weight is 232 g/mol. The summed E-state index contributed by atoms with van der Waals surface area (Å²) in [5.41, 5.74) is 1.53. The molecule has 4 heteroatoms. The Morgan fingerprint density at radius 1 is 1.35 bits per heavy atom. The van der Waals surface area contributed by atoms with Crippen molar-refractivity contribution in [1.29, 1.82) is 5.26 Å². The van der Waals surface area contributed by atoms with Gasteiger partial charge in [0, 0.05) is 18.8 Å². The van der Waals surface area contributed by atoms with Crippen molar-refractivity contribution in [3.05, 3.63) is 23.4 Å². The zero-order valence-corrected chi connectivity index (χ0v) is 10.8. The number of nitrogens with zero attached hydrogens (tertiary/aromatic N) is 3. The molecule has 1 aromatic heterocycles. The third-order valence-electron chi connectivity index (χ3n) is 2.77. The number of nitrogens with one attached hydrogen (secondary N) is 1. The van der Waals surface area contributed by atoms with Gasteiger partial charge in [-0.3, -0.25) is 0 Å². The van der Waals surface area contributed by atoms with Crippen molar-refractivity contribution in [2.24, 2.45) is 0 Å². The standard InChI is InChI=1S/C13H20N4/c1-4-17(5-2)9-8-15-13-12(10-14)7-6-11(3)16-13/h6-7H,4-5,8-9H2,1-3H3,(H,15,16). The molecule has 0 aliphatic heterocycles. The zero-order chi connectivity index (χ0) is 12.7. The smallest absolute Gasteiger partial charge is 0.144 e. The van der Waals surface area contributed by atoms with Crippen LogP contribution < -0.4 is 5.32 Å². The molecule has 0 saturated carbocycles. The number of rotatable bonds is 6. The van der Waals surface area contributed by atoms with Crippen molar-refractivity contribution < 1.29 is 0 Å². The molecular weight excluding hydrogens is 212 g/mol. The molecule has 0 aliphatic rings. The quantitative estimate of drug-likeness (QED) is 0.815. The van der Waals surface area contributed by atoms with Crippen molar-refractivity contribution in [2.75, 3.05) is 31.5 Å². The number of nitriles is 1. The Morgan fingerprint density at radius 3 is 2.65 bits per heavy atom. The maximum atomic E-state index is 8.97. The van der Waals surface area contributed by atoms with E-state index < -0.39 is 0 Å². The third kappa shape index (κ3) is 4.04. The van der Waals surface area contributed by atoms with Gasteiger partial charge in [0.25, 0.3) is 0 Å². The van der Waals surface area contributed by atoms with E-state index >= 15 is 0 Å². The lowest BCUT2D eigenvalue weighted by Crippen LogP contribution is -2.28. The topological polar surface area (TPSA) is 52.0 Å². The van der Waals surface area contributed by atoms with Crippen LogP contribution in [0.15, 0.2) is 12.1 Å². The number of hydrogen-bond donors (Lipinski definition) is 1. The first-order chi connectivity index (χ1) is 8.21. The van der Waals surface area contributed by atoms with Crippen LogP contribution in [0.4, 0.5) is 5.82 Å². The molecule has 0 amide bonds. The van der Waals surface area contributed by atoms with Gasteiger partial charge in [0.15, 0.2) is 0 Å². The van der Waals surface area contributed by atoms with Gasteiger partial charge >= 0.3 is 0 Å². The van der Waals surface area contributed by atoms with Crippen molar-refractivity contribution >= 4 is 5.82 Å². The summed E-state index contributed by atoms with van der Waals surface area (Å²) in [6, 6.07) is 5.81. The Balaban J connectivity index is 2.57. The molecule has 17 heavy (non-hydrogen) atoms. The SMILES string of the molecule is CCN(CC)CCNc1nc(C)ccc1C#N. The minimum Gasteiger partial charge on any atom is -0.368 e. The van der Waals surface area contributed by atoms with Gasteiger partial charge in [0.2, 0.25) is 0 Å². The number of anilines is 1. The molecule has 0 atom stereocenters. The van der Waals surface area contributed by atoms with E-state index in [0.29, 0.717) is 11.4 Å². The highest BCUT2D eigenvalue weighted by Gasteiger charge is 2.04. The lowest BCUT2D eigenvalue weighted by Gasteiger charge is -2.18. The predicted octanol–water partition coefficient (Wildman–Crippen LogP) is 2.02. The highest BCUT2D eigenvalue weighted by molar-refractivity contribution is 5.52. The van der Waals surface area contributed by atoms with E-state index in [9.17, 15) is 0 Å². The highest BCUT2D eigenvalue weighted by atomic mass is 15.1. The Kier molecular flexibility index (Phi) is 5.44. The molecule has 1 N–H and O–H groups in total. The lowest BCUT2D eigenvalue weighted by molar-refractivity contribution is 0.316. The van der Waals surface area contributed by atoms with Crippen LogP contribution in [0.5, 0.6) is 0 Å². The maximum absolute atomic E-state index is 8.97. The molecule has 0 unspecified atom stereocenters. The van der Waals surface area contributed by atoms with E-state index in [4.69, 9.17) is 5.26 Å². The summed E-state index contributed by atoms with van der Waals surface area (Å²) in [6.07, 6.45) is 0. The number of pyridine rings is 1. The van der Waals surface area contributed by atoms with Gasteiger partial charge in [0.05, 0.1) is 5.56 Å². The number of hydrogen-bond acceptors (Lipinski definition) is 4. The molecule has 1 heterocycles. The maximum Gasteiger partial charge on any atom is 0.144 e. The Morgan fingerprint density at radius 2 is 2.06 bits per heavy atom. The summed E-state index contributed by atoms with van der Waals surface area (Å²) in [7, 11) is 0. The summed E-state index contributed by atoms with van der Waals surface area (Å²) in [6.45, 7) is 10.1. The van der Waals surface area contributed by atoms with Crippen LogP contribution in [0.25, 0.3) is 0 Å². The fourth-order valence-corrected chi connectivity index (χ4v) is 1.65. The predicted molar refractivity (Wildman–Crippen MR) is 70.0 cm³/mol. The van der Waals surface area contributed by atoms with E-state index in [2.05, 4.69) is 35.1 Å². The first kappa shape index (κ1) is 13.5. The largest absolute Gasteiger partial charge is 0.368 e. The van der Waals surface area contributed by atoms with Gasteiger partial charge in [-0.2, -0.15) is 5.26 Å². The normalized spacial score (nSPS) is 10.3. The summed E-state index contributed by atoms with van der Waals surface area (Å²) in [5.74, 6) is 0.694. The average Bonchev–Trinajstić information content (AvgIpc) is 2.35. The Bertz CT molecular complexity index is 391. The van der Waals surface area contributed by atoms with Gasteiger partial charge in [-0.05, 0) is 32.1 Å². The molecule has 0 fully saturated rings. The number of aromatic nitrogens is 1. The number of likely N-dealkylation sites (N-methyl/N-ethyl adjacent to an activating group) is 1. The van der Waals surface area contributed by atoms with Gasteiger partial charge in [-0.15, -0.1) is 0 Å². The van der Waals surface area contributed by atoms with Crippen LogP contribution in [-0.2, 0) is 0 Å². The van der Waals surface area contributed by atoms with E-state index in [1.54, 1.807) is 0 Å². The Labute approximate surface area is 103 Å². The van der Waals surface area contributed by atoms with Gasteiger partial charge < -0.3 is 10.2 Å². The first-order valence-electron chi connectivity index (χ1n) is 6.05. The molecule has 0 saturated heterocycles. The van der Waals surface area contributed by atoms with Crippen LogP contribution in [0.2, 0.25) is 0 Å². The minimum absolute atomic E-state index is 0.607. The minimum atomic E-state index is 0.607. The second kappa shape index (κ2) is 6.87. The van der Waals surface area contributed by atoms with E-state index in [1.807, 2.05) is 19.1 Å². The van der Waals surface area contributed by atoms with Gasteiger partial charge in [-0.25, -0.2) is 4.98 Å². The molecule has 1 aromatic rings. The molecule has 0 radical (unpaired) electrons.